The fourth-order valence-corrected chi connectivity index (χ4v) is 1.66. The molecule has 0 fully saturated rings. The van der Waals surface area contributed by atoms with Crippen LogP contribution in [-0.4, -0.2) is 24.3 Å². The molecule has 0 saturated heterocycles. The van der Waals surface area contributed by atoms with Crippen molar-refractivity contribution >= 4 is 5.84 Å². The van der Waals surface area contributed by atoms with Gasteiger partial charge in [0.15, 0.2) is 11.6 Å². The topological polar surface area (TPSA) is 24.8 Å². The molecule has 0 bridgehead atoms. The van der Waals surface area contributed by atoms with Gasteiger partial charge in [-0.05, 0) is 19.1 Å². The summed E-state index contributed by atoms with van der Waals surface area (Å²) in [5.74, 6) is 1.56. The maximum atomic E-state index is 5.49. The highest BCUT2D eigenvalue weighted by molar-refractivity contribution is 5.98. The average Bonchev–Trinajstić information content (AvgIpc) is 2.49. The van der Waals surface area contributed by atoms with Gasteiger partial charge in [0.2, 0.25) is 0 Å². The highest BCUT2D eigenvalue weighted by atomic mass is 16.6. The fourth-order valence-electron chi connectivity index (χ4n) is 1.66. The minimum absolute atomic E-state index is 0.737. The van der Waals surface area contributed by atoms with Crippen LogP contribution in [0.4, 0.5) is 0 Å². The number of para-hydroxylation sites is 1. The lowest BCUT2D eigenvalue weighted by atomic mass is 10.2. The Morgan fingerprint density at radius 1 is 1.00 bits per heavy atom. The van der Waals surface area contributed by atoms with Gasteiger partial charge < -0.3 is 9.74 Å². The minimum atomic E-state index is 0.737. The Bertz CT molecular complexity index is 523. The zero-order valence-corrected chi connectivity index (χ0v) is 11.3. The third kappa shape index (κ3) is 3.58. The van der Waals surface area contributed by atoms with Crippen LogP contribution in [0.15, 0.2) is 65.8 Å². The van der Waals surface area contributed by atoms with E-state index in [2.05, 4.69) is 17.0 Å². The summed E-state index contributed by atoms with van der Waals surface area (Å²) < 4.78 is 0. The predicted molar refractivity (Wildman–Crippen MR) is 78.4 cm³/mol. The monoisotopic (exact) mass is 254 g/mol. The van der Waals surface area contributed by atoms with E-state index in [1.807, 2.05) is 67.7 Å². The Morgan fingerprint density at radius 2 is 1.58 bits per heavy atom. The van der Waals surface area contributed by atoms with Gasteiger partial charge in [-0.3, -0.25) is 0 Å². The second-order valence-corrected chi connectivity index (χ2v) is 4.20. The average molecular weight is 254 g/mol. The number of hydrogen-bond acceptors (Lipinski definition) is 2. The van der Waals surface area contributed by atoms with E-state index in [1.54, 1.807) is 0 Å². The molecule has 0 saturated carbocycles. The largest absolute Gasteiger partial charge is 0.357 e. The first-order valence-electron chi connectivity index (χ1n) is 6.38. The molecule has 0 atom stereocenters. The highest BCUT2D eigenvalue weighted by Gasteiger charge is 2.08. The van der Waals surface area contributed by atoms with Gasteiger partial charge in [-0.2, -0.15) is 0 Å². The van der Waals surface area contributed by atoms with Gasteiger partial charge in [0, 0.05) is 19.2 Å². The van der Waals surface area contributed by atoms with Gasteiger partial charge in [-0.25, -0.2) is 0 Å². The number of rotatable bonds is 4. The summed E-state index contributed by atoms with van der Waals surface area (Å²) in [4.78, 5) is 7.55. The molecule has 0 spiro atoms. The van der Waals surface area contributed by atoms with Crippen molar-refractivity contribution in [2.75, 3.05) is 13.6 Å². The lowest BCUT2D eigenvalue weighted by Crippen LogP contribution is -2.27. The Morgan fingerprint density at radius 3 is 2.16 bits per heavy atom. The summed E-state index contributed by atoms with van der Waals surface area (Å²) in [6.45, 7) is 2.95. The molecule has 0 unspecified atom stereocenters. The van der Waals surface area contributed by atoms with E-state index in [4.69, 9.17) is 4.84 Å². The molecule has 0 aliphatic rings. The van der Waals surface area contributed by atoms with Gasteiger partial charge in [-0.15, -0.1) is 0 Å². The third-order valence-corrected chi connectivity index (χ3v) is 2.85. The number of benzene rings is 2. The van der Waals surface area contributed by atoms with Crippen molar-refractivity contribution in [3.8, 4) is 5.75 Å². The van der Waals surface area contributed by atoms with E-state index in [-0.39, 0.29) is 0 Å². The Labute approximate surface area is 114 Å². The molecule has 0 heterocycles. The van der Waals surface area contributed by atoms with Crippen molar-refractivity contribution in [3.63, 3.8) is 0 Å². The maximum Gasteiger partial charge on any atom is 0.175 e. The van der Waals surface area contributed by atoms with Crippen LogP contribution in [0.2, 0.25) is 0 Å². The summed E-state index contributed by atoms with van der Waals surface area (Å²) in [6.07, 6.45) is 0. The van der Waals surface area contributed by atoms with Gasteiger partial charge in [0.25, 0.3) is 0 Å². The smallest absolute Gasteiger partial charge is 0.175 e. The molecule has 0 aromatic heterocycles. The summed E-state index contributed by atoms with van der Waals surface area (Å²) >= 11 is 0. The zero-order valence-electron chi connectivity index (χ0n) is 11.3. The van der Waals surface area contributed by atoms with Crippen molar-refractivity contribution in [2.24, 2.45) is 5.16 Å². The predicted octanol–water partition coefficient (Wildman–Crippen LogP) is 3.38. The van der Waals surface area contributed by atoms with E-state index in [0.717, 1.165) is 23.7 Å². The molecule has 2 aromatic rings. The molecule has 0 radical (unpaired) electrons. The second-order valence-electron chi connectivity index (χ2n) is 4.20. The first-order chi connectivity index (χ1) is 9.31. The van der Waals surface area contributed by atoms with Gasteiger partial charge in [-0.1, -0.05) is 53.7 Å². The van der Waals surface area contributed by atoms with Crippen molar-refractivity contribution in [1.82, 2.24) is 4.90 Å². The second kappa shape index (κ2) is 6.59. The number of oxime groups is 1. The van der Waals surface area contributed by atoms with Crippen molar-refractivity contribution < 1.29 is 4.84 Å². The van der Waals surface area contributed by atoms with Crippen LogP contribution in [0.3, 0.4) is 0 Å². The van der Waals surface area contributed by atoms with Crippen LogP contribution in [0.5, 0.6) is 5.75 Å². The van der Waals surface area contributed by atoms with E-state index in [9.17, 15) is 0 Å². The van der Waals surface area contributed by atoms with Crippen molar-refractivity contribution in [3.05, 3.63) is 66.2 Å². The fraction of sp³-hybridized carbons (Fsp3) is 0.188. The van der Waals surface area contributed by atoms with Crippen LogP contribution in [0.1, 0.15) is 12.5 Å². The SMILES string of the molecule is CCN(C)C(=NOc1ccccc1)c1ccccc1. The third-order valence-electron chi connectivity index (χ3n) is 2.85. The molecule has 2 aromatic carbocycles. The van der Waals surface area contributed by atoms with E-state index < -0.39 is 0 Å². The number of amidine groups is 1. The lowest BCUT2D eigenvalue weighted by Gasteiger charge is -2.18. The Balaban J connectivity index is 2.23. The van der Waals surface area contributed by atoms with Gasteiger partial charge in [0.1, 0.15) is 0 Å². The molecular formula is C16H18N2O. The summed E-state index contributed by atoms with van der Waals surface area (Å²) in [5, 5.41) is 4.28. The van der Waals surface area contributed by atoms with Crippen LogP contribution < -0.4 is 4.84 Å². The zero-order chi connectivity index (χ0) is 13.5. The molecule has 3 heteroatoms. The lowest BCUT2D eigenvalue weighted by molar-refractivity contribution is 0.329. The normalized spacial score (nSPS) is 11.2. The molecule has 2 rings (SSSR count). The van der Waals surface area contributed by atoms with Crippen LogP contribution >= 0.6 is 0 Å². The first kappa shape index (κ1) is 13.1. The van der Waals surface area contributed by atoms with Crippen LogP contribution in [-0.2, 0) is 0 Å². The Kier molecular flexibility index (Phi) is 4.56. The molecule has 19 heavy (non-hydrogen) atoms. The molecule has 0 N–H and O–H groups in total. The number of nitrogens with zero attached hydrogens (tertiary/aromatic N) is 2. The molecule has 0 aliphatic carbocycles. The number of hydrogen-bond donors (Lipinski definition) is 0. The van der Waals surface area contributed by atoms with E-state index >= 15 is 0 Å². The molecule has 3 nitrogen and oxygen atoms in total. The molecule has 98 valence electrons. The van der Waals surface area contributed by atoms with Gasteiger partial charge >= 0.3 is 0 Å². The molecule has 0 aliphatic heterocycles. The van der Waals surface area contributed by atoms with Crippen molar-refractivity contribution in [1.29, 1.82) is 0 Å². The van der Waals surface area contributed by atoms with E-state index in [0.29, 0.717) is 0 Å². The maximum absolute atomic E-state index is 5.49. The standard InChI is InChI=1S/C16H18N2O/c1-3-18(2)16(14-10-6-4-7-11-14)17-19-15-12-8-5-9-13-15/h4-13H,3H2,1-2H3. The molecule has 0 amide bonds. The van der Waals surface area contributed by atoms with Gasteiger partial charge in [0.05, 0.1) is 0 Å². The highest BCUT2D eigenvalue weighted by Crippen LogP contribution is 2.11. The summed E-state index contributed by atoms with van der Waals surface area (Å²) in [7, 11) is 2.00. The first-order valence-corrected chi connectivity index (χ1v) is 6.38. The van der Waals surface area contributed by atoms with Crippen LogP contribution in [0.25, 0.3) is 0 Å². The Hall–Kier alpha value is -2.29. The van der Waals surface area contributed by atoms with Crippen molar-refractivity contribution in [2.45, 2.75) is 6.92 Å². The van der Waals surface area contributed by atoms with E-state index in [1.165, 1.54) is 0 Å². The summed E-state index contributed by atoms with van der Waals surface area (Å²) in [6, 6.07) is 19.6. The van der Waals surface area contributed by atoms with Crippen LogP contribution in [0, 0.1) is 0 Å². The molecular weight excluding hydrogens is 236 g/mol. The quantitative estimate of drug-likeness (QED) is 0.474. The minimum Gasteiger partial charge on any atom is -0.357 e. The summed E-state index contributed by atoms with van der Waals surface area (Å²) in [5.41, 5.74) is 1.04.